The number of fused-ring (bicyclic) bond motifs is 1. The highest BCUT2D eigenvalue weighted by Crippen LogP contribution is 2.28. The fourth-order valence-electron chi connectivity index (χ4n) is 3.48. The Balaban J connectivity index is 1.73. The van der Waals surface area contributed by atoms with Gasteiger partial charge in [-0.05, 0) is 36.4 Å². The number of alkyl carbamates (subject to hydrolysis) is 1. The third-order valence-corrected chi connectivity index (χ3v) is 5.22. The van der Waals surface area contributed by atoms with Crippen molar-refractivity contribution < 1.29 is 19.1 Å². The number of hydrogen-bond acceptors (Lipinski definition) is 5. The van der Waals surface area contributed by atoms with Crippen molar-refractivity contribution in [3.63, 3.8) is 0 Å². The highest BCUT2D eigenvalue weighted by molar-refractivity contribution is 6.02. The molecule has 0 radical (unpaired) electrons. The van der Waals surface area contributed by atoms with Crippen LogP contribution in [0.5, 0.6) is 5.75 Å². The number of hydrogen-bond donors (Lipinski definition) is 2. The smallest absolute Gasteiger partial charge is 0.407 e. The van der Waals surface area contributed by atoms with E-state index in [1.807, 2.05) is 66.7 Å². The van der Waals surface area contributed by atoms with Crippen LogP contribution in [-0.4, -0.2) is 37.5 Å². The van der Waals surface area contributed by atoms with Gasteiger partial charge < -0.3 is 14.8 Å². The van der Waals surface area contributed by atoms with Crippen molar-refractivity contribution in [1.82, 2.24) is 10.7 Å². The fourth-order valence-corrected chi connectivity index (χ4v) is 3.48. The van der Waals surface area contributed by atoms with E-state index in [-0.39, 0.29) is 6.61 Å². The zero-order chi connectivity index (χ0) is 24.2. The Morgan fingerprint density at radius 3 is 2.44 bits per heavy atom. The number of rotatable bonds is 11. The Bertz CT molecular complexity index is 1120. The van der Waals surface area contributed by atoms with Crippen LogP contribution in [0, 0.1) is 0 Å². The number of unbranched alkanes of at least 4 members (excludes halogenated alkanes) is 1. The Morgan fingerprint density at radius 2 is 1.71 bits per heavy atom. The lowest BCUT2D eigenvalue weighted by Crippen LogP contribution is -2.47. The SMILES string of the molecule is CCCCOc1ccc(/C=N\NC(=O)[C@@H](Cc2ccccc2)NC(=O)OCC)c2ccccc12. The second kappa shape index (κ2) is 13.0. The van der Waals surface area contributed by atoms with Crippen molar-refractivity contribution in [3.05, 3.63) is 77.9 Å². The van der Waals surface area contributed by atoms with Crippen molar-refractivity contribution in [3.8, 4) is 5.75 Å². The third-order valence-electron chi connectivity index (χ3n) is 5.22. The van der Waals surface area contributed by atoms with Gasteiger partial charge in [0.05, 0.1) is 19.4 Å². The van der Waals surface area contributed by atoms with Gasteiger partial charge in [0.1, 0.15) is 11.8 Å². The normalized spacial score (nSPS) is 11.8. The van der Waals surface area contributed by atoms with Crippen LogP contribution in [0.1, 0.15) is 37.8 Å². The summed E-state index contributed by atoms with van der Waals surface area (Å²) in [6, 6.07) is 20.4. The van der Waals surface area contributed by atoms with Crippen LogP contribution in [0.4, 0.5) is 4.79 Å². The van der Waals surface area contributed by atoms with Crippen molar-refractivity contribution in [2.75, 3.05) is 13.2 Å². The van der Waals surface area contributed by atoms with Gasteiger partial charge in [0.25, 0.3) is 5.91 Å². The van der Waals surface area contributed by atoms with E-state index in [1.54, 1.807) is 13.1 Å². The lowest BCUT2D eigenvalue weighted by molar-refractivity contribution is -0.123. The molecule has 34 heavy (non-hydrogen) atoms. The minimum absolute atomic E-state index is 0.217. The van der Waals surface area contributed by atoms with Gasteiger partial charge in [0.15, 0.2) is 0 Å². The van der Waals surface area contributed by atoms with Crippen LogP contribution in [-0.2, 0) is 16.0 Å². The van der Waals surface area contributed by atoms with Crippen LogP contribution in [0.25, 0.3) is 10.8 Å². The zero-order valence-electron chi connectivity index (χ0n) is 19.6. The summed E-state index contributed by atoms with van der Waals surface area (Å²) < 4.78 is 10.9. The van der Waals surface area contributed by atoms with Crippen LogP contribution >= 0.6 is 0 Å². The molecule has 2 N–H and O–H groups in total. The van der Waals surface area contributed by atoms with Gasteiger partial charge in [0.2, 0.25) is 0 Å². The Hall–Kier alpha value is -3.87. The van der Waals surface area contributed by atoms with Gasteiger partial charge in [-0.3, -0.25) is 4.79 Å². The average molecular weight is 462 g/mol. The molecule has 0 saturated heterocycles. The van der Waals surface area contributed by atoms with Gasteiger partial charge in [-0.15, -0.1) is 0 Å². The van der Waals surface area contributed by atoms with Crippen LogP contribution in [0.2, 0.25) is 0 Å². The molecule has 0 saturated carbocycles. The van der Waals surface area contributed by atoms with E-state index < -0.39 is 18.0 Å². The van der Waals surface area contributed by atoms with Crippen molar-refractivity contribution in [2.45, 2.75) is 39.2 Å². The van der Waals surface area contributed by atoms with Crippen molar-refractivity contribution in [2.24, 2.45) is 5.10 Å². The molecule has 1 atom stereocenters. The van der Waals surface area contributed by atoms with Gasteiger partial charge in [-0.25, -0.2) is 10.2 Å². The first-order chi connectivity index (χ1) is 16.6. The molecule has 0 fully saturated rings. The number of benzene rings is 3. The Kier molecular flexibility index (Phi) is 9.46. The van der Waals surface area contributed by atoms with E-state index in [9.17, 15) is 9.59 Å². The molecule has 0 aliphatic rings. The predicted molar refractivity (Wildman–Crippen MR) is 134 cm³/mol. The Labute approximate surface area is 200 Å². The minimum Gasteiger partial charge on any atom is -0.493 e. The maximum atomic E-state index is 12.8. The van der Waals surface area contributed by atoms with Gasteiger partial charge in [0, 0.05) is 17.4 Å². The van der Waals surface area contributed by atoms with Gasteiger partial charge >= 0.3 is 6.09 Å². The van der Waals surface area contributed by atoms with E-state index >= 15 is 0 Å². The van der Waals surface area contributed by atoms with Crippen LogP contribution in [0.3, 0.4) is 0 Å². The standard InChI is InChI=1S/C27H31N3O4/c1-3-5-17-34-25-16-15-21(22-13-9-10-14-23(22)25)19-28-30-26(31)24(29-27(32)33-4-2)18-20-11-7-6-8-12-20/h6-16,19,24H,3-5,17-18H2,1-2H3,(H,29,32)(H,30,31)/b28-19-/t24-/m1/s1. The summed E-state index contributed by atoms with van der Waals surface area (Å²) in [5, 5.41) is 8.73. The van der Waals surface area contributed by atoms with Crippen molar-refractivity contribution >= 4 is 29.0 Å². The molecule has 0 bridgehead atoms. The number of ether oxygens (including phenoxy) is 2. The summed E-state index contributed by atoms with van der Waals surface area (Å²) in [4.78, 5) is 24.8. The highest BCUT2D eigenvalue weighted by atomic mass is 16.5. The molecule has 0 spiro atoms. The lowest BCUT2D eigenvalue weighted by Gasteiger charge is -2.17. The van der Waals surface area contributed by atoms with Crippen LogP contribution in [0.15, 0.2) is 71.8 Å². The minimum atomic E-state index is -0.829. The molecule has 3 rings (SSSR count). The second-order valence-electron chi connectivity index (χ2n) is 7.74. The van der Waals surface area contributed by atoms with Gasteiger partial charge in [-0.1, -0.05) is 67.9 Å². The lowest BCUT2D eigenvalue weighted by atomic mass is 10.0. The number of nitrogens with zero attached hydrogens (tertiary/aromatic N) is 1. The number of carbonyl (C=O) groups excluding carboxylic acids is 2. The molecule has 0 unspecified atom stereocenters. The van der Waals surface area contributed by atoms with E-state index in [0.29, 0.717) is 13.0 Å². The van der Waals surface area contributed by atoms with E-state index in [1.165, 1.54) is 0 Å². The maximum absolute atomic E-state index is 12.8. The first-order valence-corrected chi connectivity index (χ1v) is 11.6. The molecular weight excluding hydrogens is 430 g/mol. The molecule has 0 aliphatic heterocycles. The first kappa shape index (κ1) is 24.8. The molecule has 178 valence electrons. The molecule has 0 heterocycles. The molecule has 3 aromatic carbocycles. The molecule has 7 nitrogen and oxygen atoms in total. The van der Waals surface area contributed by atoms with Crippen LogP contribution < -0.4 is 15.5 Å². The largest absolute Gasteiger partial charge is 0.493 e. The highest BCUT2D eigenvalue weighted by Gasteiger charge is 2.21. The summed E-state index contributed by atoms with van der Waals surface area (Å²) in [6.45, 7) is 4.72. The maximum Gasteiger partial charge on any atom is 0.407 e. The fraction of sp³-hybridized carbons (Fsp3) is 0.296. The summed E-state index contributed by atoms with van der Waals surface area (Å²) >= 11 is 0. The molecular formula is C27H31N3O4. The number of amides is 2. The molecule has 0 aliphatic carbocycles. The molecule has 3 aromatic rings. The zero-order valence-corrected chi connectivity index (χ0v) is 19.6. The van der Waals surface area contributed by atoms with E-state index in [2.05, 4.69) is 22.8 Å². The first-order valence-electron chi connectivity index (χ1n) is 11.6. The quantitative estimate of drug-likeness (QED) is 0.243. The second-order valence-corrected chi connectivity index (χ2v) is 7.74. The summed E-state index contributed by atoms with van der Waals surface area (Å²) in [7, 11) is 0. The number of carbonyl (C=O) groups is 2. The van der Waals surface area contributed by atoms with Crippen molar-refractivity contribution in [1.29, 1.82) is 0 Å². The predicted octanol–water partition coefficient (Wildman–Crippen LogP) is 4.83. The average Bonchev–Trinajstić information content (AvgIpc) is 2.85. The third kappa shape index (κ3) is 7.07. The van der Waals surface area contributed by atoms with E-state index in [0.717, 1.165) is 40.5 Å². The Morgan fingerprint density at radius 1 is 0.971 bits per heavy atom. The van der Waals surface area contributed by atoms with Gasteiger partial charge in [-0.2, -0.15) is 5.10 Å². The monoisotopic (exact) mass is 461 g/mol. The number of nitrogens with one attached hydrogen (secondary N) is 2. The number of hydrazone groups is 1. The molecule has 0 aromatic heterocycles. The summed E-state index contributed by atoms with van der Waals surface area (Å²) in [5.41, 5.74) is 4.30. The summed E-state index contributed by atoms with van der Waals surface area (Å²) in [6.07, 6.45) is 3.33. The molecule has 7 heteroatoms. The van der Waals surface area contributed by atoms with E-state index in [4.69, 9.17) is 9.47 Å². The topological polar surface area (TPSA) is 89.0 Å². The summed E-state index contributed by atoms with van der Waals surface area (Å²) in [5.74, 6) is 0.392. The molecule has 2 amide bonds.